The maximum atomic E-state index is 3.78. The lowest BCUT2D eigenvalue weighted by Crippen LogP contribution is -2.31. The van der Waals surface area contributed by atoms with Crippen LogP contribution in [0.2, 0.25) is 0 Å². The standard InChI is InChI=1S/C19H37N/c1-2-3-4-5-6-7-8-11-17-12-9-10-13-18(17)16-20-19-14-15-19/h17-20H,2-16H2,1H3. The summed E-state index contributed by atoms with van der Waals surface area (Å²) in [5, 5.41) is 3.78. The summed E-state index contributed by atoms with van der Waals surface area (Å²) in [6.07, 6.45) is 20.6. The molecule has 2 atom stereocenters. The summed E-state index contributed by atoms with van der Waals surface area (Å²) in [5.41, 5.74) is 0. The van der Waals surface area contributed by atoms with Crippen LogP contribution in [0.3, 0.4) is 0 Å². The van der Waals surface area contributed by atoms with Crippen LogP contribution in [0.15, 0.2) is 0 Å². The van der Waals surface area contributed by atoms with Crippen molar-refractivity contribution in [2.24, 2.45) is 11.8 Å². The zero-order valence-corrected chi connectivity index (χ0v) is 13.8. The molecule has 1 heteroatoms. The van der Waals surface area contributed by atoms with E-state index in [2.05, 4.69) is 12.2 Å². The minimum atomic E-state index is 0.899. The van der Waals surface area contributed by atoms with E-state index in [4.69, 9.17) is 0 Å². The molecule has 0 aromatic carbocycles. The quantitative estimate of drug-likeness (QED) is 0.479. The molecule has 2 aliphatic carbocycles. The molecule has 2 saturated carbocycles. The third kappa shape index (κ3) is 6.61. The van der Waals surface area contributed by atoms with Crippen molar-refractivity contribution in [3.05, 3.63) is 0 Å². The largest absolute Gasteiger partial charge is 0.314 e. The van der Waals surface area contributed by atoms with E-state index in [1.165, 1.54) is 96.4 Å². The fraction of sp³-hybridized carbons (Fsp3) is 1.00. The van der Waals surface area contributed by atoms with Gasteiger partial charge < -0.3 is 5.32 Å². The lowest BCUT2D eigenvalue weighted by molar-refractivity contribution is 0.212. The monoisotopic (exact) mass is 279 g/mol. The van der Waals surface area contributed by atoms with Crippen molar-refractivity contribution >= 4 is 0 Å². The van der Waals surface area contributed by atoms with Crippen LogP contribution in [-0.2, 0) is 0 Å². The molecule has 2 aliphatic rings. The molecule has 0 aromatic heterocycles. The zero-order chi connectivity index (χ0) is 14.0. The van der Waals surface area contributed by atoms with Crippen LogP contribution in [0, 0.1) is 11.8 Å². The highest BCUT2D eigenvalue weighted by atomic mass is 14.9. The van der Waals surface area contributed by atoms with Gasteiger partial charge in [0.05, 0.1) is 0 Å². The van der Waals surface area contributed by atoms with Gasteiger partial charge in [-0.25, -0.2) is 0 Å². The Labute approximate surface area is 127 Å². The fourth-order valence-electron chi connectivity index (χ4n) is 3.90. The molecule has 1 nitrogen and oxygen atoms in total. The van der Waals surface area contributed by atoms with Gasteiger partial charge in [-0.05, 0) is 37.6 Å². The van der Waals surface area contributed by atoms with Crippen molar-refractivity contribution in [2.75, 3.05) is 6.54 Å². The Morgan fingerprint density at radius 2 is 1.40 bits per heavy atom. The van der Waals surface area contributed by atoms with Crippen LogP contribution in [0.4, 0.5) is 0 Å². The summed E-state index contributed by atoms with van der Waals surface area (Å²) >= 11 is 0. The lowest BCUT2D eigenvalue weighted by atomic mass is 9.76. The minimum absolute atomic E-state index is 0.899. The minimum Gasteiger partial charge on any atom is -0.314 e. The molecule has 0 bridgehead atoms. The van der Waals surface area contributed by atoms with Crippen LogP contribution >= 0.6 is 0 Å². The van der Waals surface area contributed by atoms with E-state index in [0.717, 1.165) is 17.9 Å². The molecular weight excluding hydrogens is 242 g/mol. The van der Waals surface area contributed by atoms with Gasteiger partial charge in [-0.1, -0.05) is 77.6 Å². The molecule has 118 valence electrons. The van der Waals surface area contributed by atoms with Gasteiger partial charge in [-0.3, -0.25) is 0 Å². The third-order valence-corrected chi connectivity index (χ3v) is 5.49. The van der Waals surface area contributed by atoms with E-state index in [-0.39, 0.29) is 0 Å². The Morgan fingerprint density at radius 1 is 0.750 bits per heavy atom. The summed E-state index contributed by atoms with van der Waals surface area (Å²) in [6, 6.07) is 0.899. The van der Waals surface area contributed by atoms with Gasteiger partial charge in [0.2, 0.25) is 0 Å². The van der Waals surface area contributed by atoms with Crippen molar-refractivity contribution in [1.82, 2.24) is 5.32 Å². The fourth-order valence-corrected chi connectivity index (χ4v) is 3.90. The Bertz CT molecular complexity index is 234. The summed E-state index contributed by atoms with van der Waals surface area (Å²) in [6.45, 7) is 3.63. The number of unbranched alkanes of at least 4 members (excludes halogenated alkanes) is 6. The first-order valence-electron chi connectivity index (χ1n) is 9.63. The zero-order valence-electron chi connectivity index (χ0n) is 13.8. The number of hydrogen-bond donors (Lipinski definition) is 1. The van der Waals surface area contributed by atoms with Gasteiger partial charge in [0, 0.05) is 6.04 Å². The molecule has 0 aliphatic heterocycles. The molecule has 0 heterocycles. The number of nitrogens with one attached hydrogen (secondary N) is 1. The van der Waals surface area contributed by atoms with Gasteiger partial charge in [-0.2, -0.15) is 0 Å². The van der Waals surface area contributed by atoms with Crippen molar-refractivity contribution in [2.45, 2.75) is 103 Å². The van der Waals surface area contributed by atoms with E-state index >= 15 is 0 Å². The van der Waals surface area contributed by atoms with E-state index in [1.807, 2.05) is 0 Å². The molecule has 20 heavy (non-hydrogen) atoms. The van der Waals surface area contributed by atoms with Gasteiger partial charge in [-0.15, -0.1) is 0 Å². The summed E-state index contributed by atoms with van der Waals surface area (Å²) < 4.78 is 0. The molecule has 0 spiro atoms. The Morgan fingerprint density at radius 3 is 2.10 bits per heavy atom. The summed E-state index contributed by atoms with van der Waals surface area (Å²) in [4.78, 5) is 0. The highest BCUT2D eigenvalue weighted by molar-refractivity contribution is 4.84. The first-order valence-corrected chi connectivity index (χ1v) is 9.63. The maximum Gasteiger partial charge on any atom is 0.00683 e. The number of hydrogen-bond acceptors (Lipinski definition) is 1. The molecular formula is C19H37N. The topological polar surface area (TPSA) is 12.0 Å². The predicted molar refractivity (Wildman–Crippen MR) is 89.1 cm³/mol. The van der Waals surface area contributed by atoms with E-state index < -0.39 is 0 Å². The van der Waals surface area contributed by atoms with Gasteiger partial charge in [0.15, 0.2) is 0 Å². The van der Waals surface area contributed by atoms with Crippen LogP contribution in [0.1, 0.15) is 96.8 Å². The first-order chi connectivity index (χ1) is 9.90. The third-order valence-electron chi connectivity index (χ3n) is 5.49. The molecule has 0 saturated heterocycles. The first kappa shape index (κ1) is 16.3. The molecule has 2 unspecified atom stereocenters. The Kier molecular flexibility index (Phi) is 8.02. The van der Waals surface area contributed by atoms with Crippen molar-refractivity contribution in [3.8, 4) is 0 Å². The Hall–Kier alpha value is -0.0400. The Balaban J connectivity index is 1.52. The van der Waals surface area contributed by atoms with Gasteiger partial charge in [0.25, 0.3) is 0 Å². The smallest absolute Gasteiger partial charge is 0.00683 e. The maximum absolute atomic E-state index is 3.78. The predicted octanol–water partition coefficient (Wildman–Crippen LogP) is 5.69. The van der Waals surface area contributed by atoms with E-state index in [0.29, 0.717) is 0 Å². The van der Waals surface area contributed by atoms with Crippen molar-refractivity contribution in [3.63, 3.8) is 0 Å². The molecule has 0 amide bonds. The molecule has 0 aromatic rings. The highest BCUT2D eigenvalue weighted by Gasteiger charge is 2.27. The number of rotatable bonds is 11. The van der Waals surface area contributed by atoms with Gasteiger partial charge in [0.1, 0.15) is 0 Å². The van der Waals surface area contributed by atoms with Gasteiger partial charge >= 0.3 is 0 Å². The summed E-state index contributed by atoms with van der Waals surface area (Å²) in [7, 11) is 0. The van der Waals surface area contributed by atoms with E-state index in [1.54, 1.807) is 0 Å². The van der Waals surface area contributed by atoms with Crippen molar-refractivity contribution in [1.29, 1.82) is 0 Å². The normalized spacial score (nSPS) is 26.9. The lowest BCUT2D eigenvalue weighted by Gasteiger charge is -2.32. The van der Waals surface area contributed by atoms with Crippen LogP contribution in [-0.4, -0.2) is 12.6 Å². The second-order valence-electron chi connectivity index (χ2n) is 7.40. The van der Waals surface area contributed by atoms with Crippen LogP contribution in [0.25, 0.3) is 0 Å². The second-order valence-corrected chi connectivity index (χ2v) is 7.40. The molecule has 1 N–H and O–H groups in total. The average molecular weight is 280 g/mol. The van der Waals surface area contributed by atoms with E-state index in [9.17, 15) is 0 Å². The highest BCUT2D eigenvalue weighted by Crippen LogP contribution is 2.34. The van der Waals surface area contributed by atoms with Crippen LogP contribution < -0.4 is 5.32 Å². The SMILES string of the molecule is CCCCCCCCCC1CCCCC1CNC1CC1. The summed E-state index contributed by atoms with van der Waals surface area (Å²) in [5.74, 6) is 2.05. The van der Waals surface area contributed by atoms with Crippen molar-refractivity contribution < 1.29 is 0 Å². The molecule has 0 radical (unpaired) electrons. The average Bonchev–Trinajstić information content (AvgIpc) is 3.29. The molecule has 2 rings (SSSR count). The second kappa shape index (κ2) is 9.82. The van der Waals surface area contributed by atoms with Crippen LogP contribution in [0.5, 0.6) is 0 Å². The molecule has 2 fully saturated rings.